The van der Waals surface area contributed by atoms with Crippen molar-refractivity contribution in [1.82, 2.24) is 5.01 Å². The van der Waals surface area contributed by atoms with E-state index in [9.17, 15) is 0 Å². The van der Waals surface area contributed by atoms with E-state index >= 15 is 0 Å². The van der Waals surface area contributed by atoms with Crippen LogP contribution in [0.1, 0.15) is 63.0 Å². The van der Waals surface area contributed by atoms with Crippen molar-refractivity contribution in [2.75, 3.05) is 40.9 Å². The normalized spacial score (nSPS) is 21.3. The van der Waals surface area contributed by atoms with Crippen LogP contribution in [0.4, 0.5) is 17.1 Å². The van der Waals surface area contributed by atoms with Gasteiger partial charge in [-0.15, -0.1) is 0 Å². The third-order valence-electron chi connectivity index (χ3n) is 9.70. The Labute approximate surface area is 267 Å². The van der Waals surface area contributed by atoms with Crippen molar-refractivity contribution in [3.05, 3.63) is 100 Å². The van der Waals surface area contributed by atoms with E-state index in [1.54, 1.807) is 0 Å². The fraction of sp³-hybridized carbons (Fsp3) is 0.417. The van der Waals surface area contributed by atoms with Crippen LogP contribution in [0.15, 0.2) is 84.2 Å². The first-order chi connectivity index (χ1) is 20.9. The van der Waals surface area contributed by atoms with Gasteiger partial charge in [-0.25, -0.2) is 5.01 Å². The molecule has 3 aliphatic rings. The second-order valence-corrected chi connectivity index (χ2v) is 13.2. The number of piperazine rings is 1. The number of hydrogen-bond donors (Lipinski definition) is 0. The topological polar surface area (TPSA) is 25.3 Å². The largest absolute Gasteiger partial charge is 0.368 e. The molecule has 3 aromatic rings. The zero-order valence-corrected chi connectivity index (χ0v) is 26.9. The zero-order valence-electron chi connectivity index (χ0n) is 25.4. The minimum Gasteiger partial charge on any atom is -0.368 e. The average molecular weight is 617 g/mol. The number of hydrogen-bond acceptors (Lipinski definition) is 5. The van der Waals surface area contributed by atoms with Gasteiger partial charge in [-0.2, -0.15) is 5.10 Å². The molecule has 6 rings (SSSR count). The van der Waals surface area contributed by atoms with Crippen molar-refractivity contribution >= 4 is 46.6 Å². The summed E-state index contributed by atoms with van der Waals surface area (Å²) in [5, 5.41) is 8.10. The van der Waals surface area contributed by atoms with Crippen molar-refractivity contribution in [2.45, 2.75) is 64.3 Å². The zero-order chi connectivity index (χ0) is 29.9. The lowest BCUT2D eigenvalue weighted by molar-refractivity contribution is 0.286. The van der Waals surface area contributed by atoms with Gasteiger partial charge in [0.15, 0.2) is 0 Å². The van der Waals surface area contributed by atoms with Gasteiger partial charge in [0.25, 0.3) is 0 Å². The van der Waals surface area contributed by atoms with E-state index in [1.807, 2.05) is 23.5 Å². The number of aryl methyl sites for hydroxylation is 1. The van der Waals surface area contributed by atoms with Crippen molar-refractivity contribution in [1.29, 1.82) is 0 Å². The van der Waals surface area contributed by atoms with Gasteiger partial charge in [0.2, 0.25) is 0 Å². The molecule has 0 amide bonds. The highest BCUT2D eigenvalue weighted by Gasteiger charge is 2.27. The minimum absolute atomic E-state index is 0.340. The summed E-state index contributed by atoms with van der Waals surface area (Å²) in [4.78, 5) is 7.07. The van der Waals surface area contributed by atoms with E-state index in [1.165, 1.54) is 48.2 Å². The molecule has 0 aromatic heterocycles. The fourth-order valence-corrected chi connectivity index (χ4v) is 7.41. The Balaban J connectivity index is 0.962. The maximum atomic E-state index is 6.50. The lowest BCUT2D eigenvalue weighted by Crippen LogP contribution is -2.46. The molecule has 2 heterocycles. The molecule has 2 fully saturated rings. The summed E-state index contributed by atoms with van der Waals surface area (Å²) in [7, 11) is 0. The lowest BCUT2D eigenvalue weighted by atomic mass is 9.93. The number of hydrazone groups is 1. The summed E-state index contributed by atoms with van der Waals surface area (Å²) in [6.07, 6.45) is 9.02. The molecule has 1 saturated heterocycles. The standard InChI is InChI=1S/C36H43Cl2N5/c1-4-26(2)43-27(3)42(25-39-43)34-16-14-33(15-17-34)41-21-19-40(20-22-41)32-12-8-28(9-13-32)5-6-29-7-10-30(23-29)35-18-11-31(37)24-36(35)38/h8-9,11-18,24-26,29-30H,3-7,10,19-23H2,1-2H3/t26?,29-,30?/m1/s1. The number of benzene rings is 3. The lowest BCUT2D eigenvalue weighted by Gasteiger charge is -2.37. The predicted molar refractivity (Wildman–Crippen MR) is 184 cm³/mol. The summed E-state index contributed by atoms with van der Waals surface area (Å²) in [5.41, 5.74) is 6.41. The third-order valence-corrected chi connectivity index (χ3v) is 10.3. The maximum Gasteiger partial charge on any atom is 0.128 e. The Hall–Kier alpha value is -3.15. The third kappa shape index (κ3) is 6.68. The van der Waals surface area contributed by atoms with Crippen molar-refractivity contribution < 1.29 is 0 Å². The predicted octanol–water partition coefficient (Wildman–Crippen LogP) is 9.17. The summed E-state index contributed by atoms with van der Waals surface area (Å²) in [6, 6.07) is 24.4. The van der Waals surface area contributed by atoms with E-state index in [4.69, 9.17) is 23.2 Å². The first-order valence-electron chi connectivity index (χ1n) is 15.8. The quantitative estimate of drug-likeness (QED) is 0.239. The molecule has 3 aromatic carbocycles. The van der Waals surface area contributed by atoms with E-state index in [2.05, 4.69) is 94.8 Å². The molecule has 1 aliphatic carbocycles. The second-order valence-electron chi connectivity index (χ2n) is 12.4. The van der Waals surface area contributed by atoms with Crippen LogP contribution >= 0.6 is 23.2 Å². The van der Waals surface area contributed by atoms with Crippen LogP contribution < -0.4 is 14.7 Å². The molecule has 226 valence electrons. The fourth-order valence-electron chi connectivity index (χ4n) is 6.85. The van der Waals surface area contributed by atoms with Gasteiger partial charge >= 0.3 is 0 Å². The molecule has 5 nitrogen and oxygen atoms in total. The molecule has 0 spiro atoms. The van der Waals surface area contributed by atoms with Crippen LogP contribution in [-0.2, 0) is 6.42 Å². The van der Waals surface area contributed by atoms with E-state index in [-0.39, 0.29) is 0 Å². The molecule has 43 heavy (non-hydrogen) atoms. The van der Waals surface area contributed by atoms with Crippen molar-refractivity contribution in [3.8, 4) is 0 Å². The molecule has 2 aliphatic heterocycles. The van der Waals surface area contributed by atoms with Gasteiger partial charge < -0.3 is 9.80 Å². The Morgan fingerprint density at radius 1 is 0.860 bits per heavy atom. The SMILES string of the molecule is C=C1N(c2ccc(N3CCN(c4ccc(CC[C@@H]5CCC(c6ccc(Cl)cc6Cl)C5)cc4)CC3)cc2)C=NN1C(C)CC. The van der Waals surface area contributed by atoms with Crippen LogP contribution in [0, 0.1) is 5.92 Å². The highest BCUT2D eigenvalue weighted by Crippen LogP contribution is 2.43. The monoisotopic (exact) mass is 615 g/mol. The number of nitrogens with zero attached hydrogens (tertiary/aromatic N) is 5. The van der Waals surface area contributed by atoms with E-state index in [0.717, 1.165) is 61.5 Å². The van der Waals surface area contributed by atoms with Gasteiger partial charge in [-0.1, -0.05) is 54.9 Å². The summed E-state index contributed by atoms with van der Waals surface area (Å²) >= 11 is 12.6. The van der Waals surface area contributed by atoms with Crippen molar-refractivity contribution in [3.63, 3.8) is 0 Å². The Morgan fingerprint density at radius 2 is 1.49 bits per heavy atom. The molecule has 3 atom stereocenters. The number of rotatable bonds is 9. The van der Waals surface area contributed by atoms with Gasteiger partial charge in [-0.3, -0.25) is 4.90 Å². The van der Waals surface area contributed by atoms with Crippen LogP contribution in [0.3, 0.4) is 0 Å². The maximum absolute atomic E-state index is 6.50. The highest BCUT2D eigenvalue weighted by molar-refractivity contribution is 6.35. The Bertz CT molecular complexity index is 1430. The van der Waals surface area contributed by atoms with Crippen LogP contribution in [0.2, 0.25) is 10.0 Å². The average Bonchev–Trinajstić information content (AvgIpc) is 3.67. The summed E-state index contributed by atoms with van der Waals surface area (Å²) in [6.45, 7) is 12.7. The molecule has 0 bridgehead atoms. The van der Waals surface area contributed by atoms with Gasteiger partial charge in [0.1, 0.15) is 12.2 Å². The van der Waals surface area contributed by atoms with Crippen LogP contribution in [-0.4, -0.2) is 43.6 Å². The second kappa shape index (κ2) is 13.2. The van der Waals surface area contributed by atoms with Crippen LogP contribution in [0.5, 0.6) is 0 Å². The summed E-state index contributed by atoms with van der Waals surface area (Å²) in [5.74, 6) is 2.24. The summed E-state index contributed by atoms with van der Waals surface area (Å²) < 4.78 is 0. The number of halogens is 2. The first-order valence-corrected chi connectivity index (χ1v) is 16.6. The minimum atomic E-state index is 0.340. The van der Waals surface area contributed by atoms with Gasteiger partial charge in [0, 0.05) is 53.3 Å². The highest BCUT2D eigenvalue weighted by atomic mass is 35.5. The van der Waals surface area contributed by atoms with Gasteiger partial charge in [-0.05, 0) is 117 Å². The van der Waals surface area contributed by atoms with Gasteiger partial charge in [0.05, 0.1) is 6.04 Å². The molecular weight excluding hydrogens is 573 g/mol. The Morgan fingerprint density at radius 3 is 2.12 bits per heavy atom. The Kier molecular flexibility index (Phi) is 9.20. The molecule has 0 N–H and O–H groups in total. The molecule has 7 heteroatoms. The first kappa shape index (κ1) is 29.9. The van der Waals surface area contributed by atoms with Crippen LogP contribution in [0.25, 0.3) is 0 Å². The molecule has 0 radical (unpaired) electrons. The molecule has 1 saturated carbocycles. The molecule has 2 unspecified atom stereocenters. The molecular formula is C36H43Cl2N5. The van der Waals surface area contributed by atoms with E-state index < -0.39 is 0 Å². The van der Waals surface area contributed by atoms with E-state index in [0.29, 0.717) is 17.0 Å². The number of anilines is 3. The smallest absolute Gasteiger partial charge is 0.128 e. The van der Waals surface area contributed by atoms with Crippen molar-refractivity contribution in [2.24, 2.45) is 11.0 Å².